The number of rotatable bonds is 3. The van der Waals surface area contributed by atoms with Crippen molar-refractivity contribution in [1.29, 1.82) is 0 Å². The average Bonchev–Trinajstić information content (AvgIpc) is 2.53. The van der Waals surface area contributed by atoms with Gasteiger partial charge in [0.05, 0.1) is 0 Å². The molecule has 4 nitrogen and oxygen atoms in total. The van der Waals surface area contributed by atoms with Crippen molar-refractivity contribution in [2.75, 3.05) is 5.32 Å². The summed E-state index contributed by atoms with van der Waals surface area (Å²) in [5.41, 5.74) is 2.80. The van der Waals surface area contributed by atoms with Crippen molar-refractivity contribution in [2.45, 2.75) is 6.92 Å². The fourth-order valence-electron chi connectivity index (χ4n) is 2.36. The third kappa shape index (κ3) is 3.55. The molecule has 0 spiro atoms. The van der Waals surface area contributed by atoms with Gasteiger partial charge in [0.15, 0.2) is 0 Å². The van der Waals surface area contributed by atoms with E-state index in [1.807, 2.05) is 55.5 Å². The van der Waals surface area contributed by atoms with Crippen LogP contribution in [0.2, 0.25) is 0 Å². The average molecular weight is 304 g/mol. The summed E-state index contributed by atoms with van der Waals surface area (Å²) in [5, 5.41) is 3.69. The molecule has 0 aliphatic rings. The number of nitrogens with one attached hydrogen (secondary N) is 2. The maximum absolute atomic E-state index is 12.0. The van der Waals surface area contributed by atoms with E-state index in [9.17, 15) is 9.59 Å². The minimum Gasteiger partial charge on any atom is -0.323 e. The van der Waals surface area contributed by atoms with Gasteiger partial charge in [-0.3, -0.25) is 9.59 Å². The summed E-state index contributed by atoms with van der Waals surface area (Å²) in [6.45, 7) is 1.96. The molecule has 0 bridgehead atoms. The second kappa shape index (κ2) is 6.32. The van der Waals surface area contributed by atoms with E-state index in [-0.39, 0.29) is 11.5 Å². The lowest BCUT2D eigenvalue weighted by Crippen LogP contribution is -2.11. The predicted octanol–water partition coefficient (Wildman–Crippen LogP) is 3.49. The van der Waals surface area contributed by atoms with Gasteiger partial charge in [0, 0.05) is 22.8 Å². The van der Waals surface area contributed by atoms with E-state index >= 15 is 0 Å². The van der Waals surface area contributed by atoms with Gasteiger partial charge in [-0.15, -0.1) is 0 Å². The molecule has 0 aliphatic carbocycles. The molecule has 0 unspecified atom stereocenters. The molecular formula is C19H16N2O2. The number of benzene rings is 2. The normalized spacial score (nSPS) is 11.0. The lowest BCUT2D eigenvalue weighted by atomic mass is 10.1. The Kier molecular flexibility index (Phi) is 4.06. The van der Waals surface area contributed by atoms with Crippen molar-refractivity contribution >= 4 is 28.6 Å². The zero-order valence-electron chi connectivity index (χ0n) is 12.7. The van der Waals surface area contributed by atoms with E-state index in [0.29, 0.717) is 5.56 Å². The van der Waals surface area contributed by atoms with Crippen molar-refractivity contribution in [3.63, 3.8) is 0 Å². The van der Waals surface area contributed by atoms with Crippen molar-refractivity contribution in [1.82, 2.24) is 4.98 Å². The fraction of sp³-hybridized carbons (Fsp3) is 0.0526. The molecule has 2 aromatic carbocycles. The number of aromatic amines is 1. The highest BCUT2D eigenvalue weighted by molar-refractivity contribution is 6.02. The van der Waals surface area contributed by atoms with E-state index in [2.05, 4.69) is 10.3 Å². The van der Waals surface area contributed by atoms with E-state index in [4.69, 9.17) is 0 Å². The number of hydrogen-bond acceptors (Lipinski definition) is 2. The van der Waals surface area contributed by atoms with Crippen LogP contribution < -0.4 is 10.9 Å². The van der Waals surface area contributed by atoms with Crippen LogP contribution >= 0.6 is 0 Å². The number of hydrogen-bond donors (Lipinski definition) is 2. The third-order valence-corrected chi connectivity index (χ3v) is 3.48. The molecule has 0 radical (unpaired) electrons. The number of aryl methyl sites for hydroxylation is 1. The van der Waals surface area contributed by atoms with Gasteiger partial charge in [-0.25, -0.2) is 0 Å². The molecule has 4 heteroatoms. The number of carbonyl (C=O) groups is 1. The number of anilines is 1. The van der Waals surface area contributed by atoms with Gasteiger partial charge >= 0.3 is 0 Å². The highest BCUT2D eigenvalue weighted by atomic mass is 16.1. The summed E-state index contributed by atoms with van der Waals surface area (Å²) in [5.74, 6) is -0.275. The lowest BCUT2D eigenvalue weighted by Gasteiger charge is -2.03. The Labute approximate surface area is 133 Å². The Bertz CT molecular complexity index is 955. The predicted molar refractivity (Wildman–Crippen MR) is 93.4 cm³/mol. The number of H-pyrrole nitrogens is 1. The number of para-hydroxylation sites is 1. The Morgan fingerprint density at radius 3 is 2.74 bits per heavy atom. The molecule has 0 atom stereocenters. The van der Waals surface area contributed by atoms with E-state index in [1.54, 1.807) is 6.07 Å². The first-order valence-electron chi connectivity index (χ1n) is 7.29. The number of fused-ring (bicyclic) bond motifs is 1. The second-order valence-electron chi connectivity index (χ2n) is 5.33. The maximum Gasteiger partial charge on any atom is 0.255 e. The highest BCUT2D eigenvalue weighted by Crippen LogP contribution is 2.12. The van der Waals surface area contributed by atoms with E-state index in [0.717, 1.165) is 22.2 Å². The molecule has 23 heavy (non-hydrogen) atoms. The molecule has 0 fully saturated rings. The van der Waals surface area contributed by atoms with Gasteiger partial charge in [-0.2, -0.15) is 0 Å². The first kappa shape index (κ1) is 14.8. The van der Waals surface area contributed by atoms with Crippen molar-refractivity contribution < 1.29 is 4.79 Å². The highest BCUT2D eigenvalue weighted by Gasteiger charge is 2.01. The molecule has 2 N–H and O–H groups in total. The van der Waals surface area contributed by atoms with Crippen LogP contribution in [0.25, 0.3) is 17.0 Å². The monoisotopic (exact) mass is 304 g/mol. The molecule has 3 aromatic rings. The van der Waals surface area contributed by atoms with Gasteiger partial charge in [0.1, 0.15) is 0 Å². The summed E-state index contributed by atoms with van der Waals surface area (Å²) in [7, 11) is 0. The minimum absolute atomic E-state index is 0.219. The van der Waals surface area contributed by atoms with Crippen LogP contribution in [-0.4, -0.2) is 10.9 Å². The zero-order valence-corrected chi connectivity index (χ0v) is 12.7. The maximum atomic E-state index is 12.0. The number of amides is 1. The molecular weight excluding hydrogens is 288 g/mol. The van der Waals surface area contributed by atoms with Crippen LogP contribution in [0.4, 0.5) is 5.69 Å². The van der Waals surface area contributed by atoms with Crippen molar-refractivity contribution in [3.05, 3.63) is 82.2 Å². The molecule has 3 rings (SSSR count). The van der Waals surface area contributed by atoms with Gasteiger partial charge in [-0.05, 0) is 48.2 Å². The first-order chi connectivity index (χ1) is 11.1. The van der Waals surface area contributed by atoms with Crippen molar-refractivity contribution in [2.24, 2.45) is 0 Å². The van der Waals surface area contributed by atoms with Crippen LogP contribution in [-0.2, 0) is 4.79 Å². The summed E-state index contributed by atoms with van der Waals surface area (Å²) in [4.78, 5) is 26.8. The van der Waals surface area contributed by atoms with Crippen LogP contribution in [0.15, 0.2) is 65.5 Å². The SMILES string of the molecule is Cc1cccc(NC(=O)/C=C/c2cc3ccccc3[nH]c2=O)c1. The number of pyridine rings is 1. The topological polar surface area (TPSA) is 62.0 Å². The molecule has 114 valence electrons. The number of aromatic nitrogens is 1. The Morgan fingerprint density at radius 2 is 1.91 bits per heavy atom. The smallest absolute Gasteiger partial charge is 0.255 e. The Morgan fingerprint density at radius 1 is 1.09 bits per heavy atom. The molecule has 0 aliphatic heterocycles. The van der Waals surface area contributed by atoms with Gasteiger partial charge in [0.2, 0.25) is 5.91 Å². The summed E-state index contributed by atoms with van der Waals surface area (Å²) >= 11 is 0. The van der Waals surface area contributed by atoms with Gasteiger partial charge < -0.3 is 10.3 Å². The summed E-state index contributed by atoms with van der Waals surface area (Å²) < 4.78 is 0. The van der Waals surface area contributed by atoms with Crippen molar-refractivity contribution in [3.8, 4) is 0 Å². The number of carbonyl (C=O) groups excluding carboxylic acids is 1. The molecule has 0 saturated carbocycles. The second-order valence-corrected chi connectivity index (χ2v) is 5.33. The summed E-state index contributed by atoms with van der Waals surface area (Å²) in [6.07, 6.45) is 2.89. The van der Waals surface area contributed by atoms with E-state index in [1.165, 1.54) is 12.2 Å². The fourth-order valence-corrected chi connectivity index (χ4v) is 2.36. The summed E-state index contributed by atoms with van der Waals surface area (Å²) in [6, 6.07) is 16.8. The molecule has 1 heterocycles. The first-order valence-corrected chi connectivity index (χ1v) is 7.29. The minimum atomic E-state index is -0.275. The standard InChI is InChI=1S/C19H16N2O2/c1-13-5-4-7-16(11-13)20-18(22)10-9-15-12-14-6-2-3-8-17(14)21-19(15)23/h2-12H,1H3,(H,20,22)(H,21,23)/b10-9+. The largest absolute Gasteiger partial charge is 0.323 e. The quantitative estimate of drug-likeness (QED) is 0.728. The van der Waals surface area contributed by atoms with Crippen LogP contribution in [0.3, 0.4) is 0 Å². The van der Waals surface area contributed by atoms with Gasteiger partial charge in [0.25, 0.3) is 5.56 Å². The third-order valence-electron chi connectivity index (χ3n) is 3.48. The van der Waals surface area contributed by atoms with Gasteiger partial charge in [-0.1, -0.05) is 30.3 Å². The van der Waals surface area contributed by atoms with Crippen LogP contribution in [0.1, 0.15) is 11.1 Å². The Balaban J connectivity index is 1.81. The van der Waals surface area contributed by atoms with E-state index < -0.39 is 0 Å². The zero-order chi connectivity index (χ0) is 16.2. The Hall–Kier alpha value is -3.14. The van der Waals surface area contributed by atoms with Crippen LogP contribution in [0.5, 0.6) is 0 Å². The molecule has 1 amide bonds. The van der Waals surface area contributed by atoms with Crippen LogP contribution in [0, 0.1) is 6.92 Å². The molecule has 1 aromatic heterocycles. The lowest BCUT2D eigenvalue weighted by molar-refractivity contribution is -0.111. The molecule has 0 saturated heterocycles.